The van der Waals surface area contributed by atoms with Gasteiger partial charge in [0.05, 0.1) is 13.2 Å². The highest BCUT2D eigenvalue weighted by molar-refractivity contribution is 5.86. The molecule has 3 heteroatoms. The zero-order valence-corrected chi connectivity index (χ0v) is 10.5. The zero-order valence-electron chi connectivity index (χ0n) is 10.5. The molecule has 1 heterocycles. The van der Waals surface area contributed by atoms with Crippen molar-refractivity contribution in [1.82, 2.24) is 5.32 Å². The fourth-order valence-electron chi connectivity index (χ4n) is 2.58. The highest BCUT2D eigenvalue weighted by Crippen LogP contribution is 2.31. The average Bonchev–Trinajstić information content (AvgIpc) is 2.47. The third-order valence-electron chi connectivity index (χ3n) is 3.54. The molecule has 1 saturated heterocycles. The summed E-state index contributed by atoms with van der Waals surface area (Å²) in [6.07, 6.45) is 0. The summed E-state index contributed by atoms with van der Waals surface area (Å²) in [5, 5.41) is 5.87. The van der Waals surface area contributed by atoms with E-state index < -0.39 is 5.72 Å². The Bertz CT molecular complexity index is 542. The third kappa shape index (κ3) is 1.81. The minimum absolute atomic E-state index is 0.529. The minimum Gasteiger partial charge on any atom is -0.375 e. The SMILES string of the molecule is COC1(c2cccc3ccccc23)COCCN1. The van der Waals surface area contributed by atoms with Crippen molar-refractivity contribution in [3.8, 4) is 0 Å². The van der Waals surface area contributed by atoms with Crippen LogP contribution in [-0.2, 0) is 15.2 Å². The summed E-state index contributed by atoms with van der Waals surface area (Å²) < 4.78 is 11.3. The van der Waals surface area contributed by atoms with Gasteiger partial charge in [0, 0.05) is 19.2 Å². The van der Waals surface area contributed by atoms with Crippen molar-refractivity contribution >= 4 is 10.8 Å². The van der Waals surface area contributed by atoms with Gasteiger partial charge in [-0.15, -0.1) is 0 Å². The fraction of sp³-hybridized carbons (Fsp3) is 0.333. The molecule has 3 rings (SSSR count). The summed E-state index contributed by atoms with van der Waals surface area (Å²) in [5.74, 6) is 0. The quantitative estimate of drug-likeness (QED) is 0.877. The van der Waals surface area contributed by atoms with Crippen LogP contribution in [0.1, 0.15) is 5.56 Å². The lowest BCUT2D eigenvalue weighted by atomic mass is 9.95. The summed E-state index contributed by atoms with van der Waals surface area (Å²) in [6.45, 7) is 2.07. The van der Waals surface area contributed by atoms with Gasteiger partial charge in [0.25, 0.3) is 0 Å². The first kappa shape index (κ1) is 11.7. The van der Waals surface area contributed by atoms with E-state index in [1.54, 1.807) is 7.11 Å². The second-order valence-corrected chi connectivity index (χ2v) is 4.54. The van der Waals surface area contributed by atoms with Gasteiger partial charge < -0.3 is 9.47 Å². The van der Waals surface area contributed by atoms with Gasteiger partial charge in [-0.2, -0.15) is 0 Å². The van der Waals surface area contributed by atoms with E-state index in [9.17, 15) is 0 Å². The van der Waals surface area contributed by atoms with E-state index in [2.05, 4.69) is 47.8 Å². The number of morpholine rings is 1. The predicted molar refractivity (Wildman–Crippen MR) is 71.5 cm³/mol. The highest BCUT2D eigenvalue weighted by Gasteiger charge is 2.35. The van der Waals surface area contributed by atoms with Gasteiger partial charge in [0.1, 0.15) is 0 Å². The maximum atomic E-state index is 5.74. The Balaban J connectivity index is 2.17. The van der Waals surface area contributed by atoms with E-state index in [4.69, 9.17) is 9.47 Å². The maximum absolute atomic E-state index is 5.74. The molecule has 1 atom stereocenters. The monoisotopic (exact) mass is 243 g/mol. The Kier molecular flexibility index (Phi) is 3.04. The summed E-state index contributed by atoms with van der Waals surface area (Å²) in [6, 6.07) is 14.6. The lowest BCUT2D eigenvalue weighted by molar-refractivity contribution is -0.129. The van der Waals surface area contributed by atoms with Crippen molar-refractivity contribution in [3.63, 3.8) is 0 Å². The molecule has 0 amide bonds. The molecular weight excluding hydrogens is 226 g/mol. The Labute approximate surface area is 107 Å². The van der Waals surface area contributed by atoms with Crippen molar-refractivity contribution in [2.45, 2.75) is 5.72 Å². The maximum Gasteiger partial charge on any atom is 0.169 e. The molecule has 2 aromatic rings. The van der Waals surface area contributed by atoms with Crippen LogP contribution >= 0.6 is 0 Å². The van der Waals surface area contributed by atoms with Crippen LogP contribution in [0, 0.1) is 0 Å². The molecule has 0 bridgehead atoms. The van der Waals surface area contributed by atoms with E-state index in [0.29, 0.717) is 6.61 Å². The molecule has 0 spiro atoms. The molecule has 0 aliphatic carbocycles. The van der Waals surface area contributed by atoms with Gasteiger partial charge in [0.2, 0.25) is 0 Å². The van der Waals surface area contributed by atoms with Crippen molar-refractivity contribution in [1.29, 1.82) is 0 Å². The number of rotatable bonds is 2. The number of methoxy groups -OCH3 is 1. The topological polar surface area (TPSA) is 30.5 Å². The first-order valence-corrected chi connectivity index (χ1v) is 6.22. The van der Waals surface area contributed by atoms with Crippen LogP contribution in [0.5, 0.6) is 0 Å². The summed E-state index contributed by atoms with van der Waals surface area (Å²) in [5.41, 5.74) is 0.613. The predicted octanol–water partition coefficient (Wildman–Crippen LogP) is 2.26. The van der Waals surface area contributed by atoms with Crippen molar-refractivity contribution in [2.75, 3.05) is 26.9 Å². The van der Waals surface area contributed by atoms with Gasteiger partial charge >= 0.3 is 0 Å². The summed E-state index contributed by atoms with van der Waals surface area (Å²) >= 11 is 0. The van der Waals surface area contributed by atoms with Gasteiger partial charge in [-0.3, -0.25) is 5.32 Å². The van der Waals surface area contributed by atoms with Crippen LogP contribution in [0.3, 0.4) is 0 Å². The minimum atomic E-state index is -0.529. The molecule has 0 saturated carbocycles. The second kappa shape index (κ2) is 4.69. The van der Waals surface area contributed by atoms with Crippen molar-refractivity contribution < 1.29 is 9.47 Å². The molecule has 0 radical (unpaired) electrons. The third-order valence-corrected chi connectivity index (χ3v) is 3.54. The zero-order chi connectivity index (χ0) is 12.4. The number of nitrogens with one attached hydrogen (secondary N) is 1. The van der Waals surface area contributed by atoms with E-state index in [1.807, 2.05) is 0 Å². The average molecular weight is 243 g/mol. The molecule has 18 heavy (non-hydrogen) atoms. The van der Waals surface area contributed by atoms with E-state index >= 15 is 0 Å². The number of benzene rings is 2. The lowest BCUT2D eigenvalue weighted by Gasteiger charge is -2.37. The molecule has 2 aromatic carbocycles. The van der Waals surface area contributed by atoms with E-state index in [1.165, 1.54) is 10.8 Å². The van der Waals surface area contributed by atoms with Gasteiger partial charge in [-0.05, 0) is 10.8 Å². The van der Waals surface area contributed by atoms with Crippen LogP contribution in [0.25, 0.3) is 10.8 Å². The van der Waals surface area contributed by atoms with Gasteiger partial charge in [-0.25, -0.2) is 0 Å². The van der Waals surface area contributed by atoms with E-state index in [-0.39, 0.29) is 0 Å². The summed E-state index contributed by atoms with van der Waals surface area (Å²) in [4.78, 5) is 0. The van der Waals surface area contributed by atoms with Crippen molar-refractivity contribution in [3.05, 3.63) is 48.0 Å². The molecule has 1 unspecified atom stereocenters. The van der Waals surface area contributed by atoms with Crippen molar-refractivity contribution in [2.24, 2.45) is 0 Å². The van der Waals surface area contributed by atoms with Crippen LogP contribution in [0.4, 0.5) is 0 Å². The van der Waals surface area contributed by atoms with Crippen LogP contribution in [0.2, 0.25) is 0 Å². The van der Waals surface area contributed by atoms with Gasteiger partial charge in [0.15, 0.2) is 5.72 Å². The number of fused-ring (bicyclic) bond motifs is 1. The molecule has 1 N–H and O–H groups in total. The van der Waals surface area contributed by atoms with Crippen LogP contribution in [-0.4, -0.2) is 26.9 Å². The fourth-order valence-corrected chi connectivity index (χ4v) is 2.58. The highest BCUT2D eigenvalue weighted by atomic mass is 16.6. The van der Waals surface area contributed by atoms with Crippen LogP contribution < -0.4 is 5.32 Å². The smallest absolute Gasteiger partial charge is 0.169 e. The van der Waals surface area contributed by atoms with E-state index in [0.717, 1.165) is 18.7 Å². The Morgan fingerprint density at radius 2 is 2.00 bits per heavy atom. The molecule has 0 aromatic heterocycles. The Hall–Kier alpha value is -1.42. The Morgan fingerprint density at radius 1 is 1.17 bits per heavy atom. The van der Waals surface area contributed by atoms with Crippen LogP contribution in [0.15, 0.2) is 42.5 Å². The molecule has 94 valence electrons. The van der Waals surface area contributed by atoms with Gasteiger partial charge in [-0.1, -0.05) is 42.5 Å². The molecule has 1 aliphatic rings. The molecular formula is C15H17NO2. The lowest BCUT2D eigenvalue weighted by Crippen LogP contribution is -2.53. The number of ether oxygens (including phenoxy) is 2. The second-order valence-electron chi connectivity index (χ2n) is 4.54. The standard InChI is InChI=1S/C15H17NO2/c1-17-15(11-18-10-9-16-15)14-8-4-6-12-5-2-3-7-13(12)14/h2-8,16H,9-11H2,1H3. The molecule has 3 nitrogen and oxygen atoms in total. The first-order chi connectivity index (χ1) is 8.86. The largest absolute Gasteiger partial charge is 0.375 e. The Morgan fingerprint density at radius 3 is 2.78 bits per heavy atom. The number of hydrogen-bond donors (Lipinski definition) is 1. The number of hydrogen-bond acceptors (Lipinski definition) is 3. The normalized spacial score (nSPS) is 24.3. The first-order valence-electron chi connectivity index (χ1n) is 6.22. The molecule has 1 aliphatic heterocycles. The molecule has 1 fully saturated rings. The summed E-state index contributed by atoms with van der Waals surface area (Å²) in [7, 11) is 1.73.